The molecule has 0 saturated heterocycles. The number of thiazole rings is 1. The lowest BCUT2D eigenvalue weighted by Crippen LogP contribution is -2.28. The highest BCUT2D eigenvalue weighted by Gasteiger charge is 2.22. The predicted octanol–water partition coefficient (Wildman–Crippen LogP) is 4.63. The molecule has 4 amide bonds. The number of amides is 4. The number of hydrogen-bond acceptors (Lipinski definition) is 9. The Hall–Kier alpha value is -5.28. The van der Waals surface area contributed by atoms with Crippen LogP contribution in [0.5, 0.6) is 0 Å². The Balaban J connectivity index is 1.40. The van der Waals surface area contributed by atoms with Crippen LogP contribution in [0.25, 0.3) is 0 Å². The van der Waals surface area contributed by atoms with Crippen molar-refractivity contribution < 1.29 is 28.7 Å². The van der Waals surface area contributed by atoms with E-state index < -0.39 is 23.7 Å². The minimum absolute atomic E-state index is 0.263. The molecule has 0 radical (unpaired) electrons. The van der Waals surface area contributed by atoms with E-state index in [1.807, 2.05) is 14.1 Å². The van der Waals surface area contributed by atoms with Crippen LogP contribution in [0.15, 0.2) is 48.8 Å². The lowest BCUT2D eigenvalue weighted by atomic mass is 10.1. The molecule has 15 heteroatoms. The van der Waals surface area contributed by atoms with Crippen LogP contribution in [-0.4, -0.2) is 82.9 Å². The number of carbonyl (C=O) groups is 5. The third-order valence-electron chi connectivity index (χ3n) is 7.71. The molecule has 4 N–H and O–H groups in total. The van der Waals surface area contributed by atoms with Crippen LogP contribution in [0.3, 0.4) is 0 Å². The first-order valence-corrected chi connectivity index (χ1v) is 16.9. The number of nitrogens with zero attached hydrogens (tertiary/aromatic N) is 4. The Morgan fingerprint density at radius 3 is 1.96 bits per heavy atom. The predicted molar refractivity (Wildman–Crippen MR) is 193 cm³/mol. The second-order valence-corrected chi connectivity index (χ2v) is 13.6. The van der Waals surface area contributed by atoms with Crippen molar-refractivity contribution in [1.29, 1.82) is 0 Å². The summed E-state index contributed by atoms with van der Waals surface area (Å²) in [5.41, 5.74) is 2.28. The average molecular weight is 705 g/mol. The molecule has 4 aromatic rings. The maximum absolute atomic E-state index is 13.3. The van der Waals surface area contributed by atoms with Crippen molar-refractivity contribution in [2.45, 2.75) is 33.1 Å². The first-order chi connectivity index (χ1) is 23.7. The van der Waals surface area contributed by atoms with E-state index in [-0.39, 0.29) is 17.3 Å². The number of ether oxygens (including phenoxy) is 1. The van der Waals surface area contributed by atoms with Crippen LogP contribution in [0.2, 0.25) is 0 Å². The van der Waals surface area contributed by atoms with Crippen molar-refractivity contribution in [3.05, 3.63) is 81.9 Å². The van der Waals surface area contributed by atoms with E-state index in [0.717, 1.165) is 24.3 Å². The van der Waals surface area contributed by atoms with Crippen LogP contribution in [-0.2, 0) is 25.3 Å². The third kappa shape index (κ3) is 9.89. The number of hydrogen-bond donors (Lipinski definition) is 4. The second-order valence-electron chi connectivity index (χ2n) is 12.5. The highest BCUT2D eigenvalue weighted by Crippen LogP contribution is 2.27. The number of carbonyl (C=O) groups excluding carboxylic acids is 5. The summed E-state index contributed by atoms with van der Waals surface area (Å²) in [5.74, 6) is -1.65. The lowest BCUT2D eigenvalue weighted by molar-refractivity contribution is 0.0600. The summed E-state index contributed by atoms with van der Waals surface area (Å²) in [7, 11) is 8.59. The molecule has 0 bridgehead atoms. The summed E-state index contributed by atoms with van der Waals surface area (Å²) in [4.78, 5) is 71.3. The fraction of sp³-hybridized carbons (Fsp3) is 0.371. The smallest absolute Gasteiger partial charge is 0.337 e. The number of aryl methyl sites for hydroxylation is 3. The highest BCUT2D eigenvalue weighted by molar-refractivity contribution is 7.16. The van der Waals surface area contributed by atoms with E-state index >= 15 is 0 Å². The third-order valence-corrected chi connectivity index (χ3v) is 8.74. The molecule has 0 saturated carbocycles. The van der Waals surface area contributed by atoms with Gasteiger partial charge in [-0.05, 0) is 82.2 Å². The topological polar surface area (TPSA) is 169 Å². The van der Waals surface area contributed by atoms with Gasteiger partial charge in [0, 0.05) is 43.5 Å². The van der Waals surface area contributed by atoms with E-state index in [1.165, 1.54) is 48.8 Å². The molecular formula is C35H44N8O6S. The molecule has 0 spiro atoms. The Morgan fingerprint density at radius 1 is 0.840 bits per heavy atom. The Labute approximate surface area is 295 Å². The number of aromatic nitrogens is 3. The van der Waals surface area contributed by atoms with Gasteiger partial charge in [0.25, 0.3) is 23.6 Å². The summed E-state index contributed by atoms with van der Waals surface area (Å²) in [6.07, 6.45) is 5.55. The van der Waals surface area contributed by atoms with Gasteiger partial charge < -0.3 is 34.7 Å². The number of benzene rings is 1. The van der Waals surface area contributed by atoms with Gasteiger partial charge in [-0.15, -0.1) is 11.3 Å². The van der Waals surface area contributed by atoms with Crippen molar-refractivity contribution in [1.82, 2.24) is 24.3 Å². The van der Waals surface area contributed by atoms with Gasteiger partial charge in [0.1, 0.15) is 17.1 Å². The fourth-order valence-corrected chi connectivity index (χ4v) is 5.97. The number of esters is 1. The minimum Gasteiger partial charge on any atom is -0.465 e. The molecule has 3 heterocycles. The zero-order valence-corrected chi connectivity index (χ0v) is 30.2. The normalized spacial score (nSPS) is 11.1. The molecule has 50 heavy (non-hydrogen) atoms. The molecule has 0 unspecified atom stereocenters. The Morgan fingerprint density at radius 2 is 1.40 bits per heavy atom. The van der Waals surface area contributed by atoms with Gasteiger partial charge in [-0.1, -0.05) is 13.8 Å². The largest absolute Gasteiger partial charge is 0.465 e. The van der Waals surface area contributed by atoms with E-state index in [9.17, 15) is 24.0 Å². The van der Waals surface area contributed by atoms with E-state index in [4.69, 9.17) is 0 Å². The van der Waals surface area contributed by atoms with Gasteiger partial charge >= 0.3 is 5.97 Å². The SMILES string of the molecule is COC(=O)c1ccc(C(=O)Nc2cc(C(=O)Nc3cc(C(=O)Nc4nc(C(=O)NCCCN(C)C)c(CCC(C)C)s4)n(C)c3)n(C)c2)cc1. The van der Waals surface area contributed by atoms with Crippen LogP contribution < -0.4 is 21.3 Å². The number of rotatable bonds is 15. The summed E-state index contributed by atoms with van der Waals surface area (Å²) in [6.45, 7) is 5.59. The van der Waals surface area contributed by atoms with Crippen molar-refractivity contribution in [3.63, 3.8) is 0 Å². The molecule has 266 valence electrons. The molecule has 0 aliphatic heterocycles. The molecule has 0 aliphatic carbocycles. The summed E-state index contributed by atoms with van der Waals surface area (Å²) < 4.78 is 7.83. The van der Waals surface area contributed by atoms with Gasteiger partial charge in [0.05, 0.1) is 24.0 Å². The number of methoxy groups -OCH3 is 1. The van der Waals surface area contributed by atoms with Gasteiger partial charge in [-0.3, -0.25) is 24.5 Å². The average Bonchev–Trinajstić information content (AvgIpc) is 3.77. The van der Waals surface area contributed by atoms with Crippen LogP contribution in [0.4, 0.5) is 16.5 Å². The monoisotopic (exact) mass is 704 g/mol. The van der Waals surface area contributed by atoms with Gasteiger partial charge in [-0.25, -0.2) is 9.78 Å². The summed E-state index contributed by atoms with van der Waals surface area (Å²) in [5, 5.41) is 11.6. The van der Waals surface area contributed by atoms with Gasteiger partial charge in [-0.2, -0.15) is 0 Å². The molecule has 0 aliphatic rings. The summed E-state index contributed by atoms with van der Waals surface area (Å²) in [6, 6.07) is 9.07. The first-order valence-electron chi connectivity index (χ1n) is 16.1. The zero-order valence-electron chi connectivity index (χ0n) is 29.4. The molecule has 3 aromatic heterocycles. The molecule has 1 aromatic carbocycles. The highest BCUT2D eigenvalue weighted by atomic mass is 32.1. The minimum atomic E-state index is -0.506. The van der Waals surface area contributed by atoms with Gasteiger partial charge in [0.2, 0.25) is 0 Å². The molecular weight excluding hydrogens is 661 g/mol. The maximum Gasteiger partial charge on any atom is 0.337 e. The van der Waals surface area contributed by atoms with Crippen LogP contribution in [0, 0.1) is 5.92 Å². The van der Waals surface area contributed by atoms with E-state index in [0.29, 0.717) is 52.2 Å². The van der Waals surface area contributed by atoms with Crippen LogP contribution >= 0.6 is 11.3 Å². The molecule has 4 rings (SSSR count). The van der Waals surface area contributed by atoms with E-state index in [1.54, 1.807) is 41.7 Å². The van der Waals surface area contributed by atoms with Crippen molar-refractivity contribution in [2.24, 2.45) is 20.0 Å². The first kappa shape index (κ1) is 37.5. The molecule has 0 fully saturated rings. The van der Waals surface area contributed by atoms with Crippen LogP contribution in [0.1, 0.15) is 83.7 Å². The van der Waals surface area contributed by atoms with Crippen molar-refractivity contribution in [2.75, 3.05) is 50.2 Å². The van der Waals surface area contributed by atoms with Gasteiger partial charge in [0.15, 0.2) is 5.13 Å². The lowest BCUT2D eigenvalue weighted by Gasteiger charge is -2.10. The Kier molecular flexibility index (Phi) is 12.7. The standard InChI is InChI=1S/C35H44N8O6S/c1-21(2)9-14-28-29(33(47)36-15-8-16-41(3)4)39-35(50-28)40-32(46)27-18-25(20-43(27)6)38-31(45)26-17-24(19-42(26)5)37-30(44)22-10-12-23(13-11-22)34(48)49-7/h10-13,17-21H,8-9,14-16H2,1-7H3,(H,36,47)(H,37,44)(H,38,45)(H,39,40,46). The van der Waals surface area contributed by atoms with Crippen molar-refractivity contribution in [3.8, 4) is 0 Å². The van der Waals surface area contributed by atoms with Crippen molar-refractivity contribution >= 4 is 57.4 Å². The molecule has 0 atom stereocenters. The quantitative estimate of drug-likeness (QED) is 0.103. The number of anilines is 3. The zero-order chi connectivity index (χ0) is 36.5. The van der Waals surface area contributed by atoms with E-state index in [2.05, 4.69) is 49.7 Å². The Bertz CT molecular complexity index is 1850. The fourth-order valence-electron chi connectivity index (χ4n) is 5.01. The molecule has 14 nitrogen and oxygen atoms in total. The maximum atomic E-state index is 13.3. The summed E-state index contributed by atoms with van der Waals surface area (Å²) >= 11 is 1.28. The second kappa shape index (κ2) is 16.9. The number of nitrogens with one attached hydrogen (secondary N) is 4.